The van der Waals surface area contributed by atoms with Crippen LogP contribution in [0.2, 0.25) is 5.02 Å². The van der Waals surface area contributed by atoms with Crippen molar-refractivity contribution in [3.05, 3.63) is 34.6 Å². The highest BCUT2D eigenvalue weighted by Crippen LogP contribution is 2.27. The molecular weight excluding hydrogens is 281 g/mol. The van der Waals surface area contributed by atoms with Crippen LogP contribution < -0.4 is 5.32 Å². The van der Waals surface area contributed by atoms with E-state index in [9.17, 15) is 9.18 Å². The molecule has 1 aliphatic carbocycles. The van der Waals surface area contributed by atoms with E-state index in [1.54, 1.807) is 12.1 Å². The quantitative estimate of drug-likeness (QED) is 0.889. The number of carbonyl (C=O) groups is 1. The predicted octanol–water partition coefficient (Wildman–Crippen LogP) is 3.77. The van der Waals surface area contributed by atoms with Crippen molar-refractivity contribution in [2.75, 3.05) is 0 Å². The van der Waals surface area contributed by atoms with Crippen LogP contribution in [0.15, 0.2) is 18.2 Å². The first-order chi connectivity index (χ1) is 9.47. The van der Waals surface area contributed by atoms with Gasteiger partial charge in [0.1, 0.15) is 5.82 Å². The van der Waals surface area contributed by atoms with E-state index in [4.69, 9.17) is 16.7 Å². The molecule has 1 aliphatic rings. The molecule has 110 valence electrons. The Morgan fingerprint density at radius 1 is 1.50 bits per heavy atom. The average Bonchev–Trinajstić information content (AvgIpc) is 2.42. The first-order valence-corrected chi connectivity index (χ1v) is 7.29. The molecule has 1 fully saturated rings. The Bertz CT molecular complexity index is 495. The van der Waals surface area contributed by atoms with E-state index < -0.39 is 11.8 Å². The van der Waals surface area contributed by atoms with Gasteiger partial charge in [-0.15, -0.1) is 0 Å². The third kappa shape index (κ3) is 3.70. The number of hydrogen-bond acceptors (Lipinski definition) is 2. The number of carboxylic acid groups (broad SMARTS) is 1. The highest BCUT2D eigenvalue weighted by atomic mass is 35.5. The van der Waals surface area contributed by atoms with E-state index >= 15 is 0 Å². The Morgan fingerprint density at radius 2 is 2.25 bits per heavy atom. The summed E-state index contributed by atoms with van der Waals surface area (Å²) in [5, 5.41) is 12.6. The fraction of sp³-hybridized carbons (Fsp3) is 0.533. The lowest BCUT2D eigenvalue weighted by molar-refractivity contribution is -0.143. The molecule has 0 radical (unpaired) electrons. The average molecular weight is 300 g/mol. The normalized spacial score (nSPS) is 24.4. The largest absolute Gasteiger partial charge is 0.481 e. The Morgan fingerprint density at radius 3 is 2.90 bits per heavy atom. The molecule has 0 spiro atoms. The van der Waals surface area contributed by atoms with Gasteiger partial charge in [0.15, 0.2) is 0 Å². The molecule has 0 bridgehead atoms. The maximum atomic E-state index is 13.1. The number of halogens is 2. The predicted molar refractivity (Wildman–Crippen MR) is 76.3 cm³/mol. The number of hydrogen-bond donors (Lipinski definition) is 2. The lowest BCUT2D eigenvalue weighted by Gasteiger charge is -2.30. The van der Waals surface area contributed by atoms with Crippen molar-refractivity contribution in [2.24, 2.45) is 5.92 Å². The second kappa shape index (κ2) is 6.55. The van der Waals surface area contributed by atoms with Crippen LogP contribution in [0.5, 0.6) is 0 Å². The Hall–Kier alpha value is -1.13. The van der Waals surface area contributed by atoms with E-state index in [0.29, 0.717) is 6.42 Å². The van der Waals surface area contributed by atoms with Gasteiger partial charge in [0.25, 0.3) is 0 Å². The molecule has 0 heterocycles. The number of benzene rings is 1. The Labute approximate surface area is 123 Å². The zero-order valence-corrected chi connectivity index (χ0v) is 12.2. The SMILES string of the molecule is CC(NC1CCCC(C(=O)O)C1)c1ccc(F)c(Cl)c1. The van der Waals surface area contributed by atoms with E-state index in [-0.39, 0.29) is 23.0 Å². The van der Waals surface area contributed by atoms with Gasteiger partial charge in [-0.25, -0.2) is 4.39 Å². The van der Waals surface area contributed by atoms with Gasteiger partial charge < -0.3 is 10.4 Å². The molecule has 1 saturated carbocycles. The van der Waals surface area contributed by atoms with E-state index in [1.807, 2.05) is 6.92 Å². The van der Waals surface area contributed by atoms with Crippen molar-refractivity contribution < 1.29 is 14.3 Å². The van der Waals surface area contributed by atoms with Crippen molar-refractivity contribution >= 4 is 17.6 Å². The summed E-state index contributed by atoms with van der Waals surface area (Å²) >= 11 is 5.78. The summed E-state index contributed by atoms with van der Waals surface area (Å²) in [5.41, 5.74) is 0.911. The molecule has 2 N–H and O–H groups in total. The molecule has 1 aromatic rings. The fourth-order valence-electron chi connectivity index (χ4n) is 2.80. The molecule has 5 heteroatoms. The number of nitrogens with one attached hydrogen (secondary N) is 1. The summed E-state index contributed by atoms with van der Waals surface area (Å²) in [7, 11) is 0. The number of rotatable bonds is 4. The second-order valence-corrected chi connectivity index (χ2v) is 5.87. The zero-order chi connectivity index (χ0) is 14.7. The summed E-state index contributed by atoms with van der Waals surface area (Å²) in [6.07, 6.45) is 3.30. The highest BCUT2D eigenvalue weighted by molar-refractivity contribution is 6.30. The van der Waals surface area contributed by atoms with E-state index in [2.05, 4.69) is 5.32 Å². The summed E-state index contributed by atoms with van der Waals surface area (Å²) < 4.78 is 13.1. The molecule has 0 aliphatic heterocycles. The maximum Gasteiger partial charge on any atom is 0.306 e. The Kier molecular flexibility index (Phi) is 5.00. The molecule has 3 atom stereocenters. The smallest absolute Gasteiger partial charge is 0.306 e. The van der Waals surface area contributed by atoms with Gasteiger partial charge in [0.05, 0.1) is 10.9 Å². The third-order valence-corrected chi connectivity index (χ3v) is 4.24. The summed E-state index contributed by atoms with van der Waals surface area (Å²) in [6, 6.07) is 4.88. The van der Waals surface area contributed by atoms with E-state index in [0.717, 1.165) is 24.8 Å². The first kappa shape index (κ1) is 15.3. The summed E-state index contributed by atoms with van der Waals surface area (Å²) in [4.78, 5) is 11.1. The van der Waals surface area contributed by atoms with Gasteiger partial charge in [0, 0.05) is 12.1 Å². The lowest BCUT2D eigenvalue weighted by Crippen LogP contribution is -2.37. The van der Waals surface area contributed by atoms with Crippen LogP contribution in [-0.2, 0) is 4.79 Å². The van der Waals surface area contributed by atoms with Gasteiger partial charge in [-0.05, 0) is 43.9 Å². The molecule has 20 heavy (non-hydrogen) atoms. The number of aliphatic carboxylic acids is 1. The monoisotopic (exact) mass is 299 g/mol. The van der Waals surface area contributed by atoms with Crippen molar-refractivity contribution in [2.45, 2.75) is 44.7 Å². The summed E-state index contributed by atoms with van der Waals surface area (Å²) in [6.45, 7) is 1.98. The van der Waals surface area contributed by atoms with Crippen molar-refractivity contribution in [3.63, 3.8) is 0 Å². The molecule has 2 rings (SSSR count). The van der Waals surface area contributed by atoms with Crippen LogP contribution in [0.4, 0.5) is 4.39 Å². The topological polar surface area (TPSA) is 49.3 Å². The van der Waals surface area contributed by atoms with Crippen LogP contribution in [0.1, 0.15) is 44.2 Å². The third-order valence-electron chi connectivity index (χ3n) is 3.95. The van der Waals surface area contributed by atoms with Gasteiger partial charge in [-0.3, -0.25) is 4.79 Å². The minimum Gasteiger partial charge on any atom is -0.481 e. The van der Waals surface area contributed by atoms with E-state index in [1.165, 1.54) is 6.07 Å². The second-order valence-electron chi connectivity index (χ2n) is 5.46. The number of carboxylic acids is 1. The minimum absolute atomic E-state index is 0.0191. The van der Waals surface area contributed by atoms with Crippen molar-refractivity contribution in [1.82, 2.24) is 5.32 Å². The van der Waals surface area contributed by atoms with Crippen LogP contribution >= 0.6 is 11.6 Å². The molecule has 3 unspecified atom stereocenters. The van der Waals surface area contributed by atoms with Crippen molar-refractivity contribution in [3.8, 4) is 0 Å². The molecule has 0 saturated heterocycles. The zero-order valence-electron chi connectivity index (χ0n) is 11.4. The fourth-order valence-corrected chi connectivity index (χ4v) is 2.99. The Balaban J connectivity index is 1.98. The molecule has 1 aromatic carbocycles. The summed E-state index contributed by atoms with van der Waals surface area (Å²) in [5.74, 6) is -1.40. The van der Waals surface area contributed by atoms with Gasteiger partial charge in [-0.1, -0.05) is 24.1 Å². The lowest BCUT2D eigenvalue weighted by atomic mass is 9.85. The van der Waals surface area contributed by atoms with Crippen LogP contribution in [0.3, 0.4) is 0 Å². The molecular formula is C15H19ClFNO2. The van der Waals surface area contributed by atoms with Crippen LogP contribution in [0, 0.1) is 11.7 Å². The van der Waals surface area contributed by atoms with Gasteiger partial charge in [-0.2, -0.15) is 0 Å². The molecule has 0 amide bonds. The highest BCUT2D eigenvalue weighted by Gasteiger charge is 2.27. The standard InChI is InChI=1S/C15H19ClFNO2/c1-9(10-5-6-14(17)13(16)8-10)18-12-4-2-3-11(7-12)15(19)20/h5-6,8-9,11-12,18H,2-4,7H2,1H3,(H,19,20). The van der Waals surface area contributed by atoms with Gasteiger partial charge in [0.2, 0.25) is 0 Å². The van der Waals surface area contributed by atoms with Crippen LogP contribution in [-0.4, -0.2) is 17.1 Å². The van der Waals surface area contributed by atoms with Crippen LogP contribution in [0.25, 0.3) is 0 Å². The first-order valence-electron chi connectivity index (χ1n) is 6.91. The molecule has 0 aromatic heterocycles. The van der Waals surface area contributed by atoms with Gasteiger partial charge >= 0.3 is 5.97 Å². The van der Waals surface area contributed by atoms with Crippen molar-refractivity contribution in [1.29, 1.82) is 0 Å². The maximum absolute atomic E-state index is 13.1. The molecule has 3 nitrogen and oxygen atoms in total. The minimum atomic E-state index is -0.714.